The molecule has 4 aliphatic rings. The second-order valence-electron chi connectivity index (χ2n) is 13.9. The quantitative estimate of drug-likeness (QED) is 0.361. The van der Waals surface area contributed by atoms with Gasteiger partial charge in [0.15, 0.2) is 18.6 Å². The Hall–Kier alpha value is -2.80. The monoisotopic (exact) mass is 674 g/mol. The summed E-state index contributed by atoms with van der Waals surface area (Å²) in [6, 6.07) is 0.396. The number of aliphatic hydroxyl groups is 1. The van der Waals surface area contributed by atoms with Gasteiger partial charge in [-0.3, -0.25) is 23.7 Å². The fourth-order valence-corrected chi connectivity index (χ4v) is 7.45. The van der Waals surface area contributed by atoms with E-state index in [1.54, 1.807) is 13.8 Å². The maximum atomic E-state index is 12.1. The van der Waals surface area contributed by atoms with Crippen molar-refractivity contribution in [2.45, 2.75) is 155 Å². The standard InChI is InChI=1S/C16H26N2O4.C16H24N2O3.C4H8O/c1-5-7-8-16(6-2)11(4)12(19)14(22-16)18-9-10(3)13(20)17-15(18)21;1-5-7-8-16(6-2)11(4)12-14(21-16)18-9-10(3)13(19)17-15(18)20-12;1-2-4-5-3-1/h9,11-12,14,19H,5-8H2,1-4H3,(H,17,20,21);9,11-12,14H,5-8H2,1-4H3;1-4H2/t11-,12+,14+,16-;11-,12-,14+,16-;/m00./s1. The van der Waals surface area contributed by atoms with Crippen LogP contribution in [-0.2, 0) is 14.2 Å². The van der Waals surface area contributed by atoms with Gasteiger partial charge in [-0.1, -0.05) is 67.2 Å². The molecular formula is C36H58N4O8. The Morgan fingerprint density at radius 3 is 1.96 bits per heavy atom. The van der Waals surface area contributed by atoms with Crippen LogP contribution in [-0.4, -0.2) is 60.8 Å². The van der Waals surface area contributed by atoms with E-state index < -0.39 is 29.2 Å². The first kappa shape index (κ1) is 38.0. The molecule has 2 N–H and O–H groups in total. The van der Waals surface area contributed by atoms with Crippen LogP contribution in [0.15, 0.2) is 26.8 Å². The third kappa shape index (κ3) is 7.66. The lowest BCUT2D eigenvalue weighted by Crippen LogP contribution is -2.37. The van der Waals surface area contributed by atoms with Crippen LogP contribution in [0.1, 0.15) is 129 Å². The van der Waals surface area contributed by atoms with Crippen molar-refractivity contribution in [3.05, 3.63) is 54.7 Å². The summed E-state index contributed by atoms with van der Waals surface area (Å²) in [5.74, 6) is 0.212. The van der Waals surface area contributed by atoms with Crippen molar-refractivity contribution in [1.82, 2.24) is 19.1 Å². The average molecular weight is 675 g/mol. The molecule has 4 aliphatic heterocycles. The molecule has 0 radical (unpaired) electrons. The Kier molecular flexibility index (Phi) is 12.9. The summed E-state index contributed by atoms with van der Waals surface area (Å²) in [6.07, 6.45) is 12.2. The van der Waals surface area contributed by atoms with E-state index >= 15 is 0 Å². The van der Waals surface area contributed by atoms with Crippen LogP contribution >= 0.6 is 0 Å². The highest BCUT2D eigenvalue weighted by Gasteiger charge is 2.56. The molecule has 6 heterocycles. The Morgan fingerprint density at radius 1 is 0.854 bits per heavy atom. The number of aryl methyl sites for hydroxylation is 2. The average Bonchev–Trinajstić information content (AvgIpc) is 3.86. The van der Waals surface area contributed by atoms with Crippen molar-refractivity contribution in [2.24, 2.45) is 11.8 Å². The van der Waals surface area contributed by atoms with Gasteiger partial charge in [0, 0.05) is 48.6 Å². The fraction of sp³-hybridized carbons (Fsp3) is 0.778. The number of hydrogen-bond donors (Lipinski definition) is 2. The van der Waals surface area contributed by atoms with Crippen molar-refractivity contribution in [2.75, 3.05) is 13.2 Å². The number of nitrogens with one attached hydrogen (secondary N) is 1. The fourth-order valence-electron chi connectivity index (χ4n) is 7.45. The molecule has 0 amide bonds. The topological polar surface area (TPSA) is 147 Å². The lowest BCUT2D eigenvalue weighted by molar-refractivity contribution is -0.101. The van der Waals surface area contributed by atoms with E-state index in [2.05, 4.69) is 37.7 Å². The summed E-state index contributed by atoms with van der Waals surface area (Å²) in [4.78, 5) is 41.5. The Morgan fingerprint density at radius 2 is 1.42 bits per heavy atom. The smallest absolute Gasteiger partial charge is 0.330 e. The second kappa shape index (κ2) is 16.3. The van der Waals surface area contributed by atoms with Crippen LogP contribution in [0.5, 0.6) is 6.01 Å². The molecule has 0 spiro atoms. The molecule has 6 rings (SSSR count). The van der Waals surface area contributed by atoms with Gasteiger partial charge in [0.2, 0.25) is 0 Å². The molecule has 2 aromatic rings. The van der Waals surface area contributed by atoms with Gasteiger partial charge in [0.1, 0.15) is 6.10 Å². The first-order valence-corrected chi connectivity index (χ1v) is 18.1. The van der Waals surface area contributed by atoms with Crippen molar-refractivity contribution in [3.63, 3.8) is 0 Å². The molecule has 12 nitrogen and oxygen atoms in total. The molecule has 0 aromatic carbocycles. The Balaban J connectivity index is 0.000000189. The number of fused-ring (bicyclic) bond motifs is 3. The zero-order chi connectivity index (χ0) is 35.2. The minimum atomic E-state index is -0.778. The molecule has 2 aromatic heterocycles. The van der Waals surface area contributed by atoms with Gasteiger partial charge in [-0.15, -0.1) is 0 Å². The van der Waals surface area contributed by atoms with Gasteiger partial charge in [0.25, 0.3) is 11.1 Å². The van der Waals surface area contributed by atoms with Crippen LogP contribution in [0.4, 0.5) is 0 Å². The minimum Gasteiger partial charge on any atom is -0.456 e. The lowest BCUT2D eigenvalue weighted by atomic mass is 9.81. The molecule has 8 atom stereocenters. The summed E-state index contributed by atoms with van der Waals surface area (Å²) in [7, 11) is 0. The number of unbranched alkanes of at least 4 members (excludes halogenated alkanes) is 2. The number of H-pyrrole nitrogens is 1. The Bertz CT molecular complexity index is 1530. The summed E-state index contributed by atoms with van der Waals surface area (Å²) in [6.45, 7) is 18.1. The molecule has 3 fully saturated rings. The molecular weight excluding hydrogens is 616 g/mol. The molecule has 270 valence electrons. The number of aliphatic hydroxyl groups excluding tert-OH is 1. The van der Waals surface area contributed by atoms with Gasteiger partial charge in [-0.2, -0.15) is 4.98 Å². The van der Waals surface area contributed by atoms with Gasteiger partial charge in [-0.05, 0) is 52.4 Å². The maximum Gasteiger partial charge on any atom is 0.330 e. The van der Waals surface area contributed by atoms with Crippen LogP contribution in [0.2, 0.25) is 0 Å². The summed E-state index contributed by atoms with van der Waals surface area (Å²) in [5, 5.41) is 10.6. The van der Waals surface area contributed by atoms with Gasteiger partial charge < -0.3 is 24.1 Å². The van der Waals surface area contributed by atoms with Gasteiger partial charge >= 0.3 is 11.7 Å². The van der Waals surface area contributed by atoms with Crippen LogP contribution in [0.3, 0.4) is 0 Å². The first-order chi connectivity index (χ1) is 22.9. The van der Waals surface area contributed by atoms with Crippen molar-refractivity contribution in [3.8, 4) is 6.01 Å². The van der Waals surface area contributed by atoms with E-state index in [4.69, 9.17) is 18.9 Å². The maximum absolute atomic E-state index is 12.1. The Labute approximate surface area is 284 Å². The van der Waals surface area contributed by atoms with E-state index in [0.717, 1.165) is 64.6 Å². The molecule has 0 unspecified atom stereocenters. The van der Waals surface area contributed by atoms with Gasteiger partial charge in [-0.25, -0.2) is 4.79 Å². The third-order valence-electron chi connectivity index (χ3n) is 10.9. The first-order valence-electron chi connectivity index (χ1n) is 18.1. The van der Waals surface area contributed by atoms with Crippen LogP contribution in [0, 0.1) is 25.7 Å². The number of ether oxygens (including phenoxy) is 4. The predicted molar refractivity (Wildman–Crippen MR) is 183 cm³/mol. The zero-order valence-corrected chi connectivity index (χ0v) is 30.3. The third-order valence-corrected chi connectivity index (χ3v) is 10.9. The van der Waals surface area contributed by atoms with Crippen molar-refractivity contribution >= 4 is 0 Å². The molecule has 3 saturated heterocycles. The SMILES string of the molecule is C1CCOC1.CCCC[C@]1(CC)O[C@@H](n2cc(C)c(=O)[nH]c2=O)[C@H](O)[C@@H]1C.CCCC[C@]1(CC)O[C@@H]2[C@@H](Oc3nc(=O)c(C)cn32)[C@@H]1C. The lowest BCUT2D eigenvalue weighted by Gasteiger charge is -2.33. The van der Waals surface area contributed by atoms with E-state index in [1.807, 2.05) is 24.6 Å². The molecule has 0 aliphatic carbocycles. The minimum absolute atomic E-state index is 0.0458. The molecule has 48 heavy (non-hydrogen) atoms. The second-order valence-corrected chi connectivity index (χ2v) is 13.9. The molecule has 12 heteroatoms. The predicted octanol–water partition coefficient (Wildman–Crippen LogP) is 5.32. The highest BCUT2D eigenvalue weighted by atomic mass is 16.6. The van der Waals surface area contributed by atoms with Crippen molar-refractivity contribution in [1.29, 1.82) is 0 Å². The van der Waals surface area contributed by atoms with Crippen LogP contribution in [0.25, 0.3) is 0 Å². The molecule has 0 bridgehead atoms. The van der Waals surface area contributed by atoms with E-state index in [1.165, 1.54) is 23.6 Å². The van der Waals surface area contributed by atoms with E-state index in [-0.39, 0.29) is 35.3 Å². The number of aromatic nitrogens is 4. The normalized spacial score (nSPS) is 31.7. The number of hydrogen-bond acceptors (Lipinski definition) is 9. The van der Waals surface area contributed by atoms with Crippen LogP contribution < -0.4 is 21.5 Å². The highest BCUT2D eigenvalue weighted by Crippen LogP contribution is 2.51. The van der Waals surface area contributed by atoms with Gasteiger partial charge in [0.05, 0.1) is 11.2 Å². The molecule has 0 saturated carbocycles. The zero-order valence-electron chi connectivity index (χ0n) is 30.3. The van der Waals surface area contributed by atoms with E-state index in [0.29, 0.717) is 17.1 Å². The largest absolute Gasteiger partial charge is 0.456 e. The number of aromatic amines is 1. The summed E-state index contributed by atoms with van der Waals surface area (Å²) < 4.78 is 26.7. The summed E-state index contributed by atoms with van der Waals surface area (Å²) >= 11 is 0. The highest BCUT2D eigenvalue weighted by molar-refractivity contribution is 5.16. The van der Waals surface area contributed by atoms with Crippen molar-refractivity contribution < 1.29 is 24.1 Å². The number of rotatable bonds is 9. The number of nitrogens with zero attached hydrogens (tertiary/aromatic N) is 3. The van der Waals surface area contributed by atoms with E-state index in [9.17, 15) is 19.5 Å². The summed E-state index contributed by atoms with van der Waals surface area (Å²) in [5.41, 5.74) is -0.679.